The summed E-state index contributed by atoms with van der Waals surface area (Å²) in [6.07, 6.45) is 8.26. The largest absolute Gasteiger partial charge is 0.298 e. The number of piperidine rings is 1. The molecule has 0 aromatic carbocycles. The molecule has 0 spiro atoms. The van der Waals surface area contributed by atoms with E-state index in [0.717, 1.165) is 19.6 Å². The fourth-order valence-electron chi connectivity index (χ4n) is 2.38. The Balaban J connectivity index is 1.91. The second kappa shape index (κ2) is 5.66. The average molecular weight is 218 g/mol. The third-order valence-electron chi connectivity index (χ3n) is 3.22. The van der Waals surface area contributed by atoms with Crippen LogP contribution in [0, 0.1) is 11.3 Å². The fraction of sp³-hybridized carbons (Fsp3) is 0.667. The van der Waals surface area contributed by atoms with Gasteiger partial charge in [0.05, 0.1) is 12.6 Å². The lowest BCUT2D eigenvalue weighted by Gasteiger charge is -2.35. The van der Waals surface area contributed by atoms with Gasteiger partial charge in [-0.3, -0.25) is 9.58 Å². The van der Waals surface area contributed by atoms with Gasteiger partial charge in [-0.25, -0.2) is 0 Å². The molecule has 1 fully saturated rings. The van der Waals surface area contributed by atoms with E-state index < -0.39 is 0 Å². The summed E-state index contributed by atoms with van der Waals surface area (Å²) in [5, 5.41) is 12.9. The minimum absolute atomic E-state index is 0.557. The molecule has 4 nitrogen and oxygen atoms in total. The molecule has 0 radical (unpaired) electrons. The first kappa shape index (κ1) is 11.2. The van der Waals surface area contributed by atoms with Gasteiger partial charge in [0.1, 0.15) is 0 Å². The number of nitriles is 1. The Labute approximate surface area is 96.5 Å². The van der Waals surface area contributed by atoms with Crippen LogP contribution in [0.4, 0.5) is 0 Å². The lowest BCUT2D eigenvalue weighted by Crippen LogP contribution is -2.42. The van der Waals surface area contributed by atoms with Crippen molar-refractivity contribution >= 4 is 0 Å². The molecular formula is C12H18N4. The fourth-order valence-corrected chi connectivity index (χ4v) is 2.38. The Kier molecular flexibility index (Phi) is 3.95. The molecule has 0 saturated carbocycles. The van der Waals surface area contributed by atoms with Crippen LogP contribution in [0.5, 0.6) is 0 Å². The SMILES string of the molecule is N#CCCN1CCCC[C@H]1Cn1cccn1. The Morgan fingerprint density at radius 2 is 2.38 bits per heavy atom. The van der Waals surface area contributed by atoms with Gasteiger partial charge in [0.25, 0.3) is 0 Å². The van der Waals surface area contributed by atoms with Gasteiger partial charge in [-0.15, -0.1) is 0 Å². The molecule has 16 heavy (non-hydrogen) atoms. The highest BCUT2D eigenvalue weighted by atomic mass is 15.3. The predicted molar refractivity (Wildman–Crippen MR) is 61.7 cm³/mol. The lowest BCUT2D eigenvalue weighted by molar-refractivity contribution is 0.132. The maximum atomic E-state index is 8.65. The van der Waals surface area contributed by atoms with Gasteiger partial charge in [-0.2, -0.15) is 10.4 Å². The highest BCUT2D eigenvalue weighted by molar-refractivity contribution is 4.84. The molecule has 4 heteroatoms. The summed E-state index contributed by atoms with van der Waals surface area (Å²) in [7, 11) is 0. The van der Waals surface area contributed by atoms with Crippen molar-refractivity contribution in [3.05, 3.63) is 18.5 Å². The van der Waals surface area contributed by atoms with Crippen molar-refractivity contribution < 1.29 is 0 Å². The van der Waals surface area contributed by atoms with E-state index in [1.54, 1.807) is 0 Å². The summed E-state index contributed by atoms with van der Waals surface area (Å²) in [6, 6.07) is 4.75. The highest BCUT2D eigenvalue weighted by Crippen LogP contribution is 2.18. The number of aromatic nitrogens is 2. The molecule has 1 aliphatic rings. The third kappa shape index (κ3) is 2.83. The van der Waals surface area contributed by atoms with Gasteiger partial charge in [-0.1, -0.05) is 6.42 Å². The van der Waals surface area contributed by atoms with Gasteiger partial charge in [0, 0.05) is 31.4 Å². The molecule has 2 heterocycles. The van der Waals surface area contributed by atoms with E-state index in [2.05, 4.69) is 16.1 Å². The number of likely N-dealkylation sites (tertiary alicyclic amines) is 1. The molecular weight excluding hydrogens is 200 g/mol. The molecule has 0 aliphatic carbocycles. The number of hydrogen-bond donors (Lipinski definition) is 0. The zero-order valence-electron chi connectivity index (χ0n) is 9.55. The number of hydrogen-bond acceptors (Lipinski definition) is 3. The molecule has 1 atom stereocenters. The van der Waals surface area contributed by atoms with E-state index in [4.69, 9.17) is 5.26 Å². The van der Waals surface area contributed by atoms with Crippen LogP contribution >= 0.6 is 0 Å². The van der Waals surface area contributed by atoms with E-state index in [9.17, 15) is 0 Å². The lowest BCUT2D eigenvalue weighted by atomic mass is 10.0. The molecule has 0 amide bonds. The molecule has 86 valence electrons. The van der Waals surface area contributed by atoms with Crippen molar-refractivity contribution in [1.82, 2.24) is 14.7 Å². The molecule has 1 aromatic rings. The quantitative estimate of drug-likeness (QED) is 0.772. The first-order valence-corrected chi connectivity index (χ1v) is 5.98. The van der Waals surface area contributed by atoms with Gasteiger partial charge in [0.15, 0.2) is 0 Å². The third-order valence-corrected chi connectivity index (χ3v) is 3.22. The number of nitrogens with zero attached hydrogens (tertiary/aromatic N) is 4. The van der Waals surface area contributed by atoms with Crippen LogP contribution in [0.3, 0.4) is 0 Å². The van der Waals surface area contributed by atoms with Gasteiger partial charge in [0.2, 0.25) is 0 Å². The molecule has 1 aliphatic heterocycles. The maximum Gasteiger partial charge on any atom is 0.0635 e. The molecule has 1 aromatic heterocycles. The van der Waals surface area contributed by atoms with Crippen molar-refractivity contribution in [2.24, 2.45) is 0 Å². The topological polar surface area (TPSA) is 44.9 Å². The number of rotatable bonds is 4. The summed E-state index contributed by atoms with van der Waals surface area (Å²) >= 11 is 0. The van der Waals surface area contributed by atoms with Crippen molar-refractivity contribution in [2.75, 3.05) is 13.1 Å². The van der Waals surface area contributed by atoms with E-state index >= 15 is 0 Å². The van der Waals surface area contributed by atoms with Gasteiger partial charge >= 0.3 is 0 Å². The summed E-state index contributed by atoms with van der Waals surface area (Å²) in [4.78, 5) is 2.44. The Bertz CT molecular complexity index is 338. The highest BCUT2D eigenvalue weighted by Gasteiger charge is 2.22. The van der Waals surface area contributed by atoms with E-state index in [-0.39, 0.29) is 0 Å². The van der Waals surface area contributed by atoms with Crippen LogP contribution < -0.4 is 0 Å². The molecule has 1 saturated heterocycles. The molecule has 2 rings (SSSR count). The van der Waals surface area contributed by atoms with Crippen LogP contribution in [0.2, 0.25) is 0 Å². The predicted octanol–water partition coefficient (Wildman–Crippen LogP) is 1.65. The van der Waals surface area contributed by atoms with Crippen molar-refractivity contribution in [1.29, 1.82) is 5.26 Å². The maximum absolute atomic E-state index is 8.65. The first-order valence-electron chi connectivity index (χ1n) is 5.98. The van der Waals surface area contributed by atoms with Crippen LogP contribution in [0.1, 0.15) is 25.7 Å². The summed E-state index contributed by atoms with van der Waals surface area (Å²) < 4.78 is 2.00. The molecule has 0 N–H and O–H groups in total. The zero-order valence-corrected chi connectivity index (χ0v) is 9.55. The van der Waals surface area contributed by atoms with E-state index in [1.165, 1.54) is 19.3 Å². The second-order valence-corrected chi connectivity index (χ2v) is 4.32. The minimum atomic E-state index is 0.557. The van der Waals surface area contributed by atoms with Crippen LogP contribution in [0.15, 0.2) is 18.5 Å². The zero-order chi connectivity index (χ0) is 11.2. The summed E-state index contributed by atoms with van der Waals surface area (Å²) in [5.74, 6) is 0. The summed E-state index contributed by atoms with van der Waals surface area (Å²) in [5.41, 5.74) is 0. The molecule has 0 bridgehead atoms. The van der Waals surface area contributed by atoms with Gasteiger partial charge in [-0.05, 0) is 25.5 Å². The van der Waals surface area contributed by atoms with Crippen LogP contribution in [0.25, 0.3) is 0 Å². The first-order chi connectivity index (χ1) is 7.90. The van der Waals surface area contributed by atoms with Crippen LogP contribution in [-0.2, 0) is 6.54 Å². The second-order valence-electron chi connectivity index (χ2n) is 4.32. The van der Waals surface area contributed by atoms with Crippen molar-refractivity contribution in [3.63, 3.8) is 0 Å². The average Bonchev–Trinajstić information content (AvgIpc) is 2.81. The van der Waals surface area contributed by atoms with E-state index in [1.807, 2.05) is 23.1 Å². The normalized spacial score (nSPS) is 21.8. The van der Waals surface area contributed by atoms with Gasteiger partial charge < -0.3 is 0 Å². The molecule has 0 unspecified atom stereocenters. The Morgan fingerprint density at radius 3 is 3.12 bits per heavy atom. The minimum Gasteiger partial charge on any atom is -0.298 e. The Morgan fingerprint density at radius 1 is 1.44 bits per heavy atom. The van der Waals surface area contributed by atoms with E-state index in [0.29, 0.717) is 12.5 Å². The smallest absolute Gasteiger partial charge is 0.0635 e. The Hall–Kier alpha value is -1.34. The standard InChI is InChI=1S/C12H18N4/c13-6-3-9-15-8-2-1-5-12(15)11-16-10-4-7-14-16/h4,7,10,12H,1-3,5,8-9,11H2/t12-/m0/s1. The van der Waals surface area contributed by atoms with Crippen molar-refractivity contribution in [2.45, 2.75) is 38.3 Å². The summed E-state index contributed by atoms with van der Waals surface area (Å²) in [6.45, 7) is 2.99. The van der Waals surface area contributed by atoms with Crippen LogP contribution in [-0.4, -0.2) is 33.8 Å². The van der Waals surface area contributed by atoms with Crippen molar-refractivity contribution in [3.8, 4) is 6.07 Å². The monoisotopic (exact) mass is 218 g/mol.